The van der Waals surface area contributed by atoms with Gasteiger partial charge in [-0.3, -0.25) is 0 Å². The fourth-order valence-corrected chi connectivity index (χ4v) is 2.56. The van der Waals surface area contributed by atoms with Gasteiger partial charge in [-0.25, -0.2) is 8.42 Å². The van der Waals surface area contributed by atoms with Crippen molar-refractivity contribution in [3.05, 3.63) is 28.2 Å². The van der Waals surface area contributed by atoms with Gasteiger partial charge in [0.2, 0.25) is 10.0 Å². The standard InChI is InChI=1S/C8H6Cl2N2O2S/c9-6-1-2-7(10)8(5-6)15(13,14)12-4-3-11/h1-2,5,12H,4H2. The highest BCUT2D eigenvalue weighted by Crippen LogP contribution is 2.24. The van der Waals surface area contributed by atoms with Crippen LogP contribution in [0.15, 0.2) is 23.1 Å². The predicted molar refractivity (Wildman–Crippen MR) is 57.3 cm³/mol. The number of benzene rings is 1. The zero-order chi connectivity index (χ0) is 11.5. The second-order valence-electron chi connectivity index (χ2n) is 2.56. The van der Waals surface area contributed by atoms with E-state index in [1.165, 1.54) is 18.2 Å². The molecule has 0 amide bonds. The molecule has 0 spiro atoms. The Labute approximate surface area is 97.5 Å². The van der Waals surface area contributed by atoms with Crippen LogP contribution in [0.1, 0.15) is 0 Å². The summed E-state index contributed by atoms with van der Waals surface area (Å²) in [5.74, 6) is 0. The number of hydrogen-bond donors (Lipinski definition) is 1. The molecule has 0 heterocycles. The van der Waals surface area contributed by atoms with E-state index in [-0.39, 0.29) is 21.5 Å². The highest BCUT2D eigenvalue weighted by atomic mass is 35.5. The molecule has 0 saturated heterocycles. The van der Waals surface area contributed by atoms with Crippen LogP contribution in [0.2, 0.25) is 10.0 Å². The molecule has 0 fully saturated rings. The van der Waals surface area contributed by atoms with Gasteiger partial charge in [0.15, 0.2) is 0 Å². The van der Waals surface area contributed by atoms with Gasteiger partial charge in [-0.15, -0.1) is 0 Å². The lowest BCUT2D eigenvalue weighted by Gasteiger charge is -2.05. The van der Waals surface area contributed by atoms with Crippen LogP contribution in [0, 0.1) is 11.3 Å². The van der Waals surface area contributed by atoms with Gasteiger partial charge in [-0.05, 0) is 18.2 Å². The molecular weight excluding hydrogens is 259 g/mol. The van der Waals surface area contributed by atoms with Crippen molar-refractivity contribution in [2.75, 3.05) is 6.54 Å². The van der Waals surface area contributed by atoms with Crippen LogP contribution in [0.5, 0.6) is 0 Å². The monoisotopic (exact) mass is 264 g/mol. The van der Waals surface area contributed by atoms with Crippen molar-refractivity contribution in [2.45, 2.75) is 4.90 Å². The predicted octanol–water partition coefficient (Wildman–Crippen LogP) is 1.80. The number of nitrogens with zero attached hydrogens (tertiary/aromatic N) is 1. The Kier molecular flexibility index (Phi) is 3.94. The van der Waals surface area contributed by atoms with E-state index in [0.717, 1.165) is 0 Å². The maximum absolute atomic E-state index is 11.6. The molecule has 1 rings (SSSR count). The highest BCUT2D eigenvalue weighted by molar-refractivity contribution is 7.89. The van der Waals surface area contributed by atoms with Gasteiger partial charge < -0.3 is 0 Å². The van der Waals surface area contributed by atoms with Crippen LogP contribution >= 0.6 is 23.2 Å². The van der Waals surface area contributed by atoms with Crippen molar-refractivity contribution in [1.82, 2.24) is 4.72 Å². The lowest BCUT2D eigenvalue weighted by atomic mass is 10.4. The van der Waals surface area contributed by atoms with Crippen molar-refractivity contribution in [1.29, 1.82) is 5.26 Å². The third-order valence-electron chi connectivity index (χ3n) is 1.52. The Bertz CT molecular complexity index is 508. The summed E-state index contributed by atoms with van der Waals surface area (Å²) in [6.07, 6.45) is 0. The second-order valence-corrected chi connectivity index (χ2v) is 5.14. The van der Waals surface area contributed by atoms with Crippen molar-refractivity contribution in [3.8, 4) is 6.07 Å². The van der Waals surface area contributed by atoms with E-state index in [1.807, 2.05) is 0 Å². The number of rotatable bonds is 3. The van der Waals surface area contributed by atoms with Gasteiger partial charge in [-0.2, -0.15) is 9.98 Å². The molecule has 1 aromatic rings. The minimum atomic E-state index is -3.76. The van der Waals surface area contributed by atoms with Gasteiger partial charge in [-0.1, -0.05) is 23.2 Å². The summed E-state index contributed by atoms with van der Waals surface area (Å²) in [6, 6.07) is 5.75. The second kappa shape index (κ2) is 4.81. The van der Waals surface area contributed by atoms with Gasteiger partial charge in [0.1, 0.15) is 4.90 Å². The molecule has 0 unspecified atom stereocenters. The molecule has 0 aliphatic rings. The summed E-state index contributed by atoms with van der Waals surface area (Å²) in [4.78, 5) is -0.132. The minimum absolute atomic E-state index is 0.0600. The maximum atomic E-state index is 11.6. The van der Waals surface area contributed by atoms with Crippen LogP contribution in [0.4, 0.5) is 0 Å². The SMILES string of the molecule is N#CCNS(=O)(=O)c1cc(Cl)ccc1Cl. The largest absolute Gasteiger partial charge is 0.243 e. The average molecular weight is 265 g/mol. The first-order valence-electron chi connectivity index (χ1n) is 3.79. The van der Waals surface area contributed by atoms with E-state index >= 15 is 0 Å². The molecule has 0 aromatic heterocycles. The first-order valence-corrected chi connectivity index (χ1v) is 6.03. The van der Waals surface area contributed by atoms with Crippen LogP contribution in [-0.4, -0.2) is 15.0 Å². The summed E-state index contributed by atoms with van der Waals surface area (Å²) in [5.41, 5.74) is 0. The fraction of sp³-hybridized carbons (Fsp3) is 0.125. The molecule has 0 atom stereocenters. The summed E-state index contributed by atoms with van der Waals surface area (Å²) in [5, 5.41) is 8.59. The smallest absolute Gasteiger partial charge is 0.207 e. The zero-order valence-corrected chi connectivity index (χ0v) is 9.70. The van der Waals surface area contributed by atoms with Gasteiger partial charge in [0, 0.05) is 5.02 Å². The summed E-state index contributed by atoms with van der Waals surface area (Å²) in [7, 11) is -3.76. The van der Waals surface area contributed by atoms with Crippen molar-refractivity contribution in [3.63, 3.8) is 0 Å². The van der Waals surface area contributed by atoms with E-state index in [4.69, 9.17) is 28.5 Å². The van der Waals surface area contributed by atoms with Crippen molar-refractivity contribution >= 4 is 33.2 Å². The summed E-state index contributed by atoms with van der Waals surface area (Å²) < 4.78 is 25.2. The van der Waals surface area contributed by atoms with E-state index in [9.17, 15) is 8.42 Å². The van der Waals surface area contributed by atoms with E-state index in [2.05, 4.69) is 4.72 Å². The Hall–Kier alpha value is -0.800. The van der Waals surface area contributed by atoms with Crippen LogP contribution in [0.3, 0.4) is 0 Å². The minimum Gasteiger partial charge on any atom is -0.207 e. The first-order chi connectivity index (χ1) is 6.97. The highest BCUT2D eigenvalue weighted by Gasteiger charge is 2.17. The molecule has 0 aliphatic carbocycles. The van der Waals surface area contributed by atoms with Crippen LogP contribution in [0.25, 0.3) is 0 Å². The molecule has 15 heavy (non-hydrogen) atoms. The van der Waals surface area contributed by atoms with Gasteiger partial charge in [0.05, 0.1) is 17.6 Å². The summed E-state index contributed by atoms with van der Waals surface area (Å²) >= 11 is 11.3. The van der Waals surface area contributed by atoms with E-state index in [1.54, 1.807) is 6.07 Å². The number of hydrogen-bond acceptors (Lipinski definition) is 3. The molecule has 1 N–H and O–H groups in total. The first kappa shape index (κ1) is 12.3. The molecule has 4 nitrogen and oxygen atoms in total. The Morgan fingerprint density at radius 1 is 1.40 bits per heavy atom. The molecular formula is C8H6Cl2N2O2S. The fourth-order valence-electron chi connectivity index (χ4n) is 0.888. The Morgan fingerprint density at radius 3 is 2.67 bits per heavy atom. The lowest BCUT2D eigenvalue weighted by molar-refractivity contribution is 0.586. The molecule has 0 saturated carbocycles. The number of sulfonamides is 1. The quantitative estimate of drug-likeness (QED) is 0.847. The van der Waals surface area contributed by atoms with E-state index < -0.39 is 10.0 Å². The number of nitriles is 1. The third kappa shape index (κ3) is 3.08. The van der Waals surface area contributed by atoms with Gasteiger partial charge in [0.25, 0.3) is 0 Å². The Balaban J connectivity index is 3.16. The molecule has 0 aliphatic heterocycles. The molecule has 1 aromatic carbocycles. The number of halogens is 2. The van der Waals surface area contributed by atoms with E-state index in [0.29, 0.717) is 0 Å². The third-order valence-corrected chi connectivity index (χ3v) is 3.64. The zero-order valence-electron chi connectivity index (χ0n) is 7.37. The normalized spacial score (nSPS) is 11.0. The molecule has 7 heteroatoms. The average Bonchev–Trinajstić information content (AvgIpc) is 2.18. The molecule has 0 bridgehead atoms. The van der Waals surface area contributed by atoms with Crippen molar-refractivity contribution < 1.29 is 8.42 Å². The van der Waals surface area contributed by atoms with Crippen LogP contribution < -0.4 is 4.72 Å². The topological polar surface area (TPSA) is 70.0 Å². The van der Waals surface area contributed by atoms with Crippen molar-refractivity contribution in [2.24, 2.45) is 0 Å². The summed E-state index contributed by atoms with van der Waals surface area (Å²) in [6.45, 7) is -0.314. The van der Waals surface area contributed by atoms with Crippen LogP contribution in [-0.2, 0) is 10.0 Å². The Morgan fingerprint density at radius 2 is 2.07 bits per heavy atom. The molecule has 0 radical (unpaired) electrons. The maximum Gasteiger partial charge on any atom is 0.243 e. The lowest BCUT2D eigenvalue weighted by Crippen LogP contribution is -2.24. The molecule has 80 valence electrons. The van der Waals surface area contributed by atoms with Gasteiger partial charge >= 0.3 is 0 Å². The number of nitrogens with one attached hydrogen (secondary N) is 1.